The third kappa shape index (κ3) is 11.3. The minimum Gasteiger partial charge on any atom is -0.508 e. The van der Waals surface area contributed by atoms with E-state index in [1.807, 2.05) is 0 Å². The molecule has 37 heavy (non-hydrogen) atoms. The SMILES string of the molecule is CC(C)C(N)C(=O)NC(CC(N)=O)C(=O)NC(Cc1ccc(O)cc1)C(=O)NC(CCCCN)C(=O)O. The Labute approximate surface area is 215 Å². The van der Waals surface area contributed by atoms with Gasteiger partial charge in [-0.3, -0.25) is 19.2 Å². The maximum absolute atomic E-state index is 13.1. The highest BCUT2D eigenvalue weighted by Gasteiger charge is 2.31. The fourth-order valence-corrected chi connectivity index (χ4v) is 3.35. The number of phenolic OH excluding ortho intramolecular Hbond substituents is 1. The average Bonchev–Trinajstić information content (AvgIpc) is 2.82. The van der Waals surface area contributed by atoms with Gasteiger partial charge in [0.15, 0.2) is 0 Å². The number of benzene rings is 1. The molecule has 0 saturated heterocycles. The van der Waals surface area contributed by atoms with Crippen molar-refractivity contribution in [3.63, 3.8) is 0 Å². The molecule has 1 rings (SSSR count). The molecule has 0 spiro atoms. The minimum atomic E-state index is -1.41. The van der Waals surface area contributed by atoms with Crippen LogP contribution in [0.25, 0.3) is 0 Å². The van der Waals surface area contributed by atoms with Gasteiger partial charge in [-0.05, 0) is 49.4 Å². The van der Waals surface area contributed by atoms with Crippen molar-refractivity contribution in [1.29, 1.82) is 0 Å². The average molecular weight is 523 g/mol. The number of aromatic hydroxyl groups is 1. The number of unbranched alkanes of at least 4 members (excludes halogenated alkanes) is 1. The summed E-state index contributed by atoms with van der Waals surface area (Å²) in [5, 5.41) is 26.3. The van der Waals surface area contributed by atoms with Crippen LogP contribution in [0.15, 0.2) is 24.3 Å². The van der Waals surface area contributed by atoms with E-state index < -0.39 is 60.2 Å². The molecule has 4 unspecified atom stereocenters. The standard InChI is InChI=1S/C24H38N6O7/c1-13(2)20(27)23(35)30-18(12-19(26)32)22(34)29-17(11-14-6-8-15(31)9-7-14)21(33)28-16(24(36)37)5-3-4-10-25/h6-9,13,16-18,20,31H,3-5,10-12,25,27H2,1-2H3,(H2,26,32)(H,28,33)(H,29,34)(H,30,35)(H,36,37). The number of carboxylic acids is 1. The molecular formula is C24H38N6O7. The monoisotopic (exact) mass is 522 g/mol. The lowest BCUT2D eigenvalue weighted by molar-refractivity contribution is -0.142. The molecule has 0 aliphatic heterocycles. The Morgan fingerprint density at radius 2 is 1.41 bits per heavy atom. The van der Waals surface area contributed by atoms with Crippen LogP contribution in [-0.2, 0) is 30.4 Å². The lowest BCUT2D eigenvalue weighted by Crippen LogP contribution is -2.58. The second kappa shape index (κ2) is 15.4. The van der Waals surface area contributed by atoms with Gasteiger partial charge >= 0.3 is 5.97 Å². The van der Waals surface area contributed by atoms with Crippen LogP contribution in [0.3, 0.4) is 0 Å². The molecule has 13 heteroatoms. The van der Waals surface area contributed by atoms with Crippen molar-refractivity contribution in [2.75, 3.05) is 6.54 Å². The molecule has 0 aliphatic carbocycles. The van der Waals surface area contributed by atoms with Crippen molar-refractivity contribution < 1.29 is 34.2 Å². The lowest BCUT2D eigenvalue weighted by atomic mass is 10.0. The molecule has 0 radical (unpaired) electrons. The first-order valence-electron chi connectivity index (χ1n) is 12.0. The van der Waals surface area contributed by atoms with Crippen molar-refractivity contribution in [2.24, 2.45) is 23.1 Å². The smallest absolute Gasteiger partial charge is 0.326 e. The van der Waals surface area contributed by atoms with Gasteiger partial charge in [0.25, 0.3) is 0 Å². The number of nitrogens with one attached hydrogen (secondary N) is 3. The summed E-state index contributed by atoms with van der Waals surface area (Å²) in [5.74, 6) is -4.73. The summed E-state index contributed by atoms with van der Waals surface area (Å²) in [6.07, 6.45) is 0.542. The van der Waals surface area contributed by atoms with E-state index in [-0.39, 0.29) is 24.5 Å². The largest absolute Gasteiger partial charge is 0.508 e. The van der Waals surface area contributed by atoms with Crippen molar-refractivity contribution in [1.82, 2.24) is 16.0 Å². The fraction of sp³-hybridized carbons (Fsp3) is 0.542. The maximum atomic E-state index is 13.1. The van der Waals surface area contributed by atoms with Crippen molar-refractivity contribution >= 4 is 29.6 Å². The highest BCUT2D eigenvalue weighted by Crippen LogP contribution is 2.12. The number of hydrogen-bond acceptors (Lipinski definition) is 8. The van der Waals surface area contributed by atoms with Crippen molar-refractivity contribution in [3.05, 3.63) is 29.8 Å². The second-order valence-corrected chi connectivity index (χ2v) is 9.12. The van der Waals surface area contributed by atoms with E-state index in [2.05, 4.69) is 16.0 Å². The van der Waals surface area contributed by atoms with E-state index in [1.54, 1.807) is 13.8 Å². The number of phenols is 1. The first-order valence-corrected chi connectivity index (χ1v) is 12.0. The molecule has 0 heterocycles. The molecule has 0 bridgehead atoms. The Morgan fingerprint density at radius 3 is 1.92 bits per heavy atom. The van der Waals surface area contributed by atoms with E-state index in [1.165, 1.54) is 24.3 Å². The lowest BCUT2D eigenvalue weighted by Gasteiger charge is -2.25. The highest BCUT2D eigenvalue weighted by molar-refractivity contribution is 5.96. The van der Waals surface area contributed by atoms with Gasteiger partial charge in [0, 0.05) is 6.42 Å². The van der Waals surface area contributed by atoms with E-state index in [4.69, 9.17) is 17.2 Å². The van der Waals surface area contributed by atoms with Gasteiger partial charge in [0.2, 0.25) is 23.6 Å². The Hall–Kier alpha value is -3.71. The predicted molar refractivity (Wildman–Crippen MR) is 135 cm³/mol. The third-order valence-corrected chi connectivity index (χ3v) is 5.63. The van der Waals surface area contributed by atoms with Crippen molar-refractivity contribution in [3.8, 4) is 5.75 Å². The zero-order valence-electron chi connectivity index (χ0n) is 21.1. The normalized spacial score (nSPS) is 14.2. The van der Waals surface area contributed by atoms with Gasteiger partial charge in [-0.2, -0.15) is 0 Å². The fourth-order valence-electron chi connectivity index (χ4n) is 3.35. The number of carboxylic acid groups (broad SMARTS) is 1. The zero-order valence-corrected chi connectivity index (χ0v) is 21.1. The molecule has 206 valence electrons. The zero-order chi connectivity index (χ0) is 28.1. The third-order valence-electron chi connectivity index (χ3n) is 5.63. The van der Waals surface area contributed by atoms with E-state index in [0.717, 1.165) is 0 Å². The maximum Gasteiger partial charge on any atom is 0.326 e. The number of primary amides is 1. The van der Waals surface area contributed by atoms with Crippen LogP contribution >= 0.6 is 0 Å². The summed E-state index contributed by atoms with van der Waals surface area (Å²) in [4.78, 5) is 61.8. The molecule has 4 atom stereocenters. The number of nitrogens with two attached hydrogens (primary N) is 3. The minimum absolute atomic E-state index is 0.00893. The van der Waals surface area contributed by atoms with Gasteiger partial charge in [-0.25, -0.2) is 4.79 Å². The summed E-state index contributed by atoms with van der Waals surface area (Å²) in [6, 6.07) is 0.978. The van der Waals surface area contributed by atoms with Crippen LogP contribution in [0.1, 0.15) is 45.1 Å². The molecule has 0 aromatic heterocycles. The van der Waals surface area contributed by atoms with Crippen molar-refractivity contribution in [2.45, 2.75) is 70.1 Å². The van der Waals surface area contributed by atoms with Crippen LogP contribution < -0.4 is 33.2 Å². The molecule has 4 amide bonds. The van der Waals surface area contributed by atoms with Gasteiger partial charge in [0.05, 0.1) is 12.5 Å². The summed E-state index contributed by atoms with van der Waals surface area (Å²) in [7, 11) is 0. The second-order valence-electron chi connectivity index (χ2n) is 9.12. The van der Waals surface area contributed by atoms with Crippen LogP contribution in [0.2, 0.25) is 0 Å². The molecule has 13 nitrogen and oxygen atoms in total. The predicted octanol–water partition coefficient (Wildman–Crippen LogP) is -1.54. The Kier molecular flexibility index (Phi) is 13.0. The Bertz CT molecular complexity index is 938. The topological polar surface area (TPSA) is 240 Å². The molecule has 0 fully saturated rings. The highest BCUT2D eigenvalue weighted by atomic mass is 16.4. The van der Waals surface area contributed by atoms with Crippen LogP contribution in [0, 0.1) is 5.92 Å². The first kappa shape index (κ1) is 31.3. The summed E-state index contributed by atoms with van der Waals surface area (Å²) in [5.41, 5.74) is 17.1. The summed E-state index contributed by atoms with van der Waals surface area (Å²) >= 11 is 0. The number of amides is 4. The first-order chi connectivity index (χ1) is 17.3. The number of hydrogen-bond donors (Lipinski definition) is 8. The summed E-state index contributed by atoms with van der Waals surface area (Å²) in [6.45, 7) is 3.78. The number of rotatable bonds is 16. The van der Waals surface area contributed by atoms with Gasteiger partial charge < -0.3 is 43.4 Å². The van der Waals surface area contributed by atoms with Crippen LogP contribution in [0.5, 0.6) is 5.75 Å². The van der Waals surface area contributed by atoms with E-state index in [9.17, 15) is 34.2 Å². The van der Waals surface area contributed by atoms with Gasteiger partial charge in [0.1, 0.15) is 23.9 Å². The van der Waals surface area contributed by atoms with Gasteiger partial charge in [-0.15, -0.1) is 0 Å². The van der Waals surface area contributed by atoms with Crippen LogP contribution in [-0.4, -0.2) is 70.5 Å². The van der Waals surface area contributed by atoms with E-state index >= 15 is 0 Å². The molecule has 1 aromatic carbocycles. The number of aliphatic carboxylic acids is 1. The van der Waals surface area contributed by atoms with Crippen LogP contribution in [0.4, 0.5) is 0 Å². The summed E-state index contributed by atoms with van der Waals surface area (Å²) < 4.78 is 0. The van der Waals surface area contributed by atoms with E-state index in [0.29, 0.717) is 24.9 Å². The number of carbonyl (C=O) groups excluding carboxylic acids is 4. The quantitative estimate of drug-likeness (QED) is 0.117. The Balaban J connectivity index is 3.15. The molecule has 11 N–H and O–H groups in total. The Morgan fingerprint density at radius 1 is 0.865 bits per heavy atom. The molecule has 0 saturated carbocycles. The molecule has 0 aliphatic rings. The molecular weight excluding hydrogens is 484 g/mol. The molecule has 1 aromatic rings. The number of carbonyl (C=O) groups is 5. The van der Waals surface area contributed by atoms with Gasteiger partial charge in [-0.1, -0.05) is 26.0 Å².